The number of carbonyl (C=O) groups excluding carboxylic acids is 4. The minimum atomic E-state index is -5.14. The summed E-state index contributed by atoms with van der Waals surface area (Å²) in [5, 5.41) is 3.46. The fourth-order valence-electron chi connectivity index (χ4n) is 12.2. The number of likely N-dealkylation sites (tertiary alicyclic amines) is 2. The van der Waals surface area contributed by atoms with Gasteiger partial charge in [-0.3, -0.25) is 19.2 Å². The lowest BCUT2D eigenvalue weighted by atomic mass is 9.72. The van der Waals surface area contributed by atoms with Gasteiger partial charge in [0.2, 0.25) is 11.8 Å². The Morgan fingerprint density at radius 3 is 2.06 bits per heavy atom. The Labute approximate surface area is 477 Å². The molecule has 4 aromatic rings. The van der Waals surface area contributed by atoms with E-state index in [1.165, 1.54) is 49.1 Å². The Kier molecular flexibility index (Phi) is 20.5. The quantitative estimate of drug-likeness (QED) is 0.0572. The van der Waals surface area contributed by atoms with Crippen LogP contribution >= 0.6 is 0 Å². The molecule has 8 rings (SSSR count). The number of benzene rings is 4. The van der Waals surface area contributed by atoms with Crippen LogP contribution < -0.4 is 5.32 Å². The average molecular weight is 1150 g/mol. The van der Waals surface area contributed by atoms with E-state index in [0.717, 1.165) is 73.7 Å². The first-order valence-corrected chi connectivity index (χ1v) is 28.8. The third-order valence-corrected chi connectivity index (χ3v) is 17.2. The number of alkyl halides is 6. The zero-order chi connectivity index (χ0) is 58.8. The standard InChI is InChI=1S/C62H78F7N7O6/c1-44-36-51(70-26-10-5-7-16-55(77)72(3)34-35-74-29-11-6-12-30-74)21-22-52(44)58(80)73(4)28-13-27-71(2)56(78)41-81-54-39-45-14-8-9-15-53(45)59(54)23-31-75(32-24-59)33-25-60(47-17-19-50(63)20-18-47)42-76(43-82-60)57(79)46-37-48(61(64,65)66)40-49(38-46)62(67,68)69/h8-9,14-15,17-22,36-38,40,54,70H,5-7,10-13,16,23-35,39,41-43H2,1-4H3/t54-,60-/m0/s1. The summed E-state index contributed by atoms with van der Waals surface area (Å²) in [5.74, 6) is -1.68. The molecule has 4 aromatic carbocycles. The number of hydrogen-bond donors (Lipinski definition) is 1. The predicted octanol–water partition coefficient (Wildman–Crippen LogP) is 10.4. The van der Waals surface area contributed by atoms with Gasteiger partial charge < -0.3 is 44.2 Å². The van der Waals surface area contributed by atoms with Crippen LogP contribution in [-0.2, 0) is 48.9 Å². The number of likely N-dealkylation sites (N-methyl/N-ethyl adjacent to an activating group) is 2. The van der Waals surface area contributed by atoms with Crippen LogP contribution in [0.15, 0.2) is 84.9 Å². The molecule has 0 aromatic heterocycles. The summed E-state index contributed by atoms with van der Waals surface area (Å²) in [6.45, 7) is 8.43. The first-order valence-electron chi connectivity index (χ1n) is 28.8. The second-order valence-electron chi connectivity index (χ2n) is 22.9. The summed E-state index contributed by atoms with van der Waals surface area (Å²) in [5.41, 5.74) is -0.410. The van der Waals surface area contributed by atoms with Gasteiger partial charge in [-0.1, -0.05) is 49.2 Å². The van der Waals surface area contributed by atoms with Crippen molar-refractivity contribution in [2.24, 2.45) is 0 Å². The van der Waals surface area contributed by atoms with E-state index in [1.807, 2.05) is 49.2 Å². The average Bonchev–Trinajstić information content (AvgIpc) is 2.50. The highest BCUT2D eigenvalue weighted by Crippen LogP contribution is 2.48. The maximum atomic E-state index is 14.2. The molecule has 446 valence electrons. The van der Waals surface area contributed by atoms with E-state index in [9.17, 15) is 49.9 Å². The molecule has 3 aliphatic heterocycles. The number of piperidine rings is 2. The summed E-state index contributed by atoms with van der Waals surface area (Å²) in [6.07, 6.45) is -0.683. The van der Waals surface area contributed by atoms with Crippen molar-refractivity contribution in [2.45, 2.75) is 113 Å². The number of unbranched alkanes of at least 4 members (excludes halogenated alkanes) is 2. The largest absolute Gasteiger partial charge is 0.416 e. The van der Waals surface area contributed by atoms with Crippen LogP contribution in [0.2, 0.25) is 0 Å². The van der Waals surface area contributed by atoms with E-state index in [1.54, 1.807) is 23.9 Å². The van der Waals surface area contributed by atoms with Crippen LogP contribution in [0.1, 0.15) is 125 Å². The highest BCUT2D eigenvalue weighted by Gasteiger charge is 2.50. The molecule has 0 saturated carbocycles. The van der Waals surface area contributed by atoms with E-state index in [0.29, 0.717) is 88.1 Å². The molecule has 20 heteroatoms. The molecule has 82 heavy (non-hydrogen) atoms. The van der Waals surface area contributed by atoms with Gasteiger partial charge in [0.15, 0.2) is 0 Å². The number of amides is 4. The highest BCUT2D eigenvalue weighted by molar-refractivity contribution is 5.96. The molecule has 4 amide bonds. The molecule has 13 nitrogen and oxygen atoms in total. The summed E-state index contributed by atoms with van der Waals surface area (Å²) in [7, 11) is 5.39. The molecule has 1 N–H and O–H groups in total. The number of carbonyl (C=O) groups is 4. The van der Waals surface area contributed by atoms with Crippen molar-refractivity contribution >= 4 is 29.3 Å². The zero-order valence-electron chi connectivity index (χ0n) is 47.6. The highest BCUT2D eigenvalue weighted by atomic mass is 19.4. The predicted molar refractivity (Wildman–Crippen MR) is 299 cm³/mol. The molecule has 2 atom stereocenters. The summed E-state index contributed by atoms with van der Waals surface area (Å²) < 4.78 is 110. The van der Waals surface area contributed by atoms with Crippen molar-refractivity contribution in [1.29, 1.82) is 0 Å². The van der Waals surface area contributed by atoms with Gasteiger partial charge in [0.05, 0.1) is 23.8 Å². The van der Waals surface area contributed by atoms with Gasteiger partial charge in [0, 0.05) is 89.1 Å². The van der Waals surface area contributed by atoms with Crippen LogP contribution in [0.4, 0.5) is 36.4 Å². The number of aryl methyl sites for hydroxylation is 1. The van der Waals surface area contributed by atoms with Gasteiger partial charge in [0.25, 0.3) is 11.8 Å². The van der Waals surface area contributed by atoms with Crippen molar-refractivity contribution in [1.82, 2.24) is 29.4 Å². The third-order valence-electron chi connectivity index (χ3n) is 17.2. The van der Waals surface area contributed by atoms with Gasteiger partial charge in [-0.05, 0) is 162 Å². The zero-order valence-corrected chi connectivity index (χ0v) is 47.6. The monoisotopic (exact) mass is 1150 g/mol. The topological polar surface area (TPSA) is 118 Å². The smallest absolute Gasteiger partial charge is 0.385 e. The van der Waals surface area contributed by atoms with Gasteiger partial charge in [-0.2, -0.15) is 26.3 Å². The van der Waals surface area contributed by atoms with Gasteiger partial charge in [0.1, 0.15) is 24.8 Å². The molecule has 0 radical (unpaired) electrons. The van der Waals surface area contributed by atoms with Gasteiger partial charge >= 0.3 is 12.4 Å². The van der Waals surface area contributed by atoms with E-state index >= 15 is 0 Å². The molecule has 3 saturated heterocycles. The Morgan fingerprint density at radius 1 is 0.720 bits per heavy atom. The van der Waals surface area contributed by atoms with Crippen molar-refractivity contribution < 1.29 is 59.4 Å². The third kappa shape index (κ3) is 15.4. The number of fused-ring (bicyclic) bond motifs is 2. The number of anilines is 1. The molecule has 1 aliphatic carbocycles. The first-order chi connectivity index (χ1) is 39.0. The Hall–Kier alpha value is -6.09. The normalized spacial score (nSPS) is 19.3. The summed E-state index contributed by atoms with van der Waals surface area (Å²) >= 11 is 0. The second kappa shape index (κ2) is 27.1. The van der Waals surface area contributed by atoms with Crippen LogP contribution in [-0.4, -0.2) is 166 Å². The molecule has 3 heterocycles. The lowest BCUT2D eigenvalue weighted by Crippen LogP contribution is -2.50. The van der Waals surface area contributed by atoms with Crippen molar-refractivity contribution in [2.75, 3.05) is 112 Å². The molecule has 3 fully saturated rings. The number of nitrogens with zero attached hydrogens (tertiary/aromatic N) is 6. The van der Waals surface area contributed by atoms with E-state index < -0.39 is 58.5 Å². The lowest BCUT2D eigenvalue weighted by molar-refractivity contribution is -0.143. The van der Waals surface area contributed by atoms with E-state index in [4.69, 9.17) is 9.47 Å². The number of rotatable bonds is 23. The molecular formula is C62H78F7N7O6. The molecule has 0 unspecified atom stereocenters. The number of hydrogen-bond acceptors (Lipinski definition) is 9. The maximum Gasteiger partial charge on any atom is 0.416 e. The van der Waals surface area contributed by atoms with E-state index in [-0.39, 0.29) is 49.5 Å². The Balaban J connectivity index is 0.784. The maximum absolute atomic E-state index is 14.2. The number of ether oxygens (including phenoxy) is 2. The fourth-order valence-corrected chi connectivity index (χ4v) is 12.2. The molecule has 0 bridgehead atoms. The van der Waals surface area contributed by atoms with Crippen LogP contribution in [0.3, 0.4) is 0 Å². The van der Waals surface area contributed by atoms with Gasteiger partial charge in [-0.15, -0.1) is 0 Å². The van der Waals surface area contributed by atoms with Crippen molar-refractivity contribution in [3.05, 3.63) is 135 Å². The van der Waals surface area contributed by atoms with Crippen molar-refractivity contribution in [3.8, 4) is 0 Å². The number of nitrogens with one attached hydrogen (secondary N) is 1. The van der Waals surface area contributed by atoms with Gasteiger partial charge in [-0.25, -0.2) is 4.39 Å². The summed E-state index contributed by atoms with van der Waals surface area (Å²) in [6, 6.07) is 20.2. The Bertz CT molecular complexity index is 2810. The lowest BCUT2D eigenvalue weighted by Gasteiger charge is -2.44. The molecular weight excluding hydrogens is 1070 g/mol. The van der Waals surface area contributed by atoms with E-state index in [2.05, 4.69) is 27.2 Å². The van der Waals surface area contributed by atoms with Crippen LogP contribution in [0, 0.1) is 12.7 Å². The molecule has 1 spiro atoms. The number of halogens is 7. The second-order valence-corrected chi connectivity index (χ2v) is 22.9. The van der Waals surface area contributed by atoms with Crippen LogP contribution in [0.25, 0.3) is 0 Å². The minimum Gasteiger partial charge on any atom is -0.385 e. The Morgan fingerprint density at radius 2 is 1.38 bits per heavy atom. The first kappa shape index (κ1) is 62.0. The summed E-state index contributed by atoms with van der Waals surface area (Å²) in [4.78, 5) is 64.5. The fraction of sp³-hybridized carbons (Fsp3) is 0.548. The SMILES string of the molecule is Cc1cc(NCCCCCC(=O)N(C)CCN2CCCCC2)ccc1C(=O)N(C)CCCN(C)C(=O)CO[C@H]1Cc2ccccc2C12CCN(CC[C@@]1(c3ccc(F)cc3)CN(C(=O)c3cc(C(F)(F)F)cc(C(F)(F)F)c3)CO1)CC2. The van der Waals surface area contributed by atoms with Crippen LogP contribution in [0.5, 0.6) is 0 Å². The molecule has 4 aliphatic rings. The van der Waals surface area contributed by atoms with Crippen molar-refractivity contribution in [3.63, 3.8) is 0 Å². The minimum absolute atomic E-state index is 0.0252.